The molecule has 116 valence electrons. The lowest BCUT2D eigenvalue weighted by molar-refractivity contribution is 0.373. The van der Waals surface area contributed by atoms with Gasteiger partial charge in [0.15, 0.2) is 11.5 Å². The van der Waals surface area contributed by atoms with E-state index in [2.05, 4.69) is 10.2 Å². The summed E-state index contributed by atoms with van der Waals surface area (Å²) in [5, 5.41) is 26.1. The maximum atomic E-state index is 9.63. The second-order valence-corrected chi connectivity index (χ2v) is 5.02. The van der Waals surface area contributed by atoms with Gasteiger partial charge in [-0.1, -0.05) is 18.2 Å². The summed E-state index contributed by atoms with van der Waals surface area (Å²) in [5.74, 6) is 0.748. The van der Waals surface area contributed by atoms with Crippen molar-refractivity contribution in [1.29, 1.82) is 0 Å². The number of rotatable bonds is 4. The minimum Gasteiger partial charge on any atom is -0.508 e. The molecular formula is C18H16N2O3. The van der Waals surface area contributed by atoms with Crippen molar-refractivity contribution in [2.45, 2.75) is 0 Å². The molecule has 0 aliphatic carbocycles. The van der Waals surface area contributed by atoms with E-state index in [0.717, 1.165) is 22.5 Å². The molecule has 0 unspecified atom stereocenters. The number of benzene rings is 2. The highest BCUT2D eigenvalue weighted by atomic mass is 16.5. The topological polar surface area (TPSA) is 78.4 Å². The summed E-state index contributed by atoms with van der Waals surface area (Å²) < 4.78 is 5.11. The minimum absolute atomic E-state index is 0.0965. The van der Waals surface area contributed by atoms with Gasteiger partial charge in [0.2, 0.25) is 0 Å². The Morgan fingerprint density at radius 3 is 2.52 bits per heavy atom. The summed E-state index contributed by atoms with van der Waals surface area (Å²) in [4.78, 5) is 0. The molecule has 5 nitrogen and oxygen atoms in total. The lowest BCUT2D eigenvalue weighted by atomic mass is 10.1. The van der Waals surface area contributed by atoms with Crippen LogP contribution in [0.4, 0.5) is 0 Å². The van der Waals surface area contributed by atoms with Crippen molar-refractivity contribution in [2.75, 3.05) is 7.11 Å². The van der Waals surface area contributed by atoms with Crippen LogP contribution < -0.4 is 4.74 Å². The first-order valence-electron chi connectivity index (χ1n) is 7.05. The van der Waals surface area contributed by atoms with E-state index < -0.39 is 0 Å². The van der Waals surface area contributed by atoms with Crippen LogP contribution >= 0.6 is 0 Å². The summed E-state index contributed by atoms with van der Waals surface area (Å²) in [6, 6.07) is 13.9. The fraction of sp³-hybridized carbons (Fsp3) is 0.0556. The number of ether oxygens (including phenoxy) is 1. The number of aromatic nitrogens is 2. The van der Waals surface area contributed by atoms with Crippen LogP contribution in [-0.2, 0) is 0 Å². The Morgan fingerprint density at radius 1 is 1.00 bits per heavy atom. The van der Waals surface area contributed by atoms with Crippen molar-refractivity contribution in [2.24, 2.45) is 0 Å². The van der Waals surface area contributed by atoms with Gasteiger partial charge >= 0.3 is 0 Å². The van der Waals surface area contributed by atoms with Crippen molar-refractivity contribution >= 4 is 12.2 Å². The van der Waals surface area contributed by atoms with Gasteiger partial charge in [0.1, 0.15) is 5.75 Å². The number of nitrogens with one attached hydrogen (secondary N) is 1. The molecule has 0 amide bonds. The summed E-state index contributed by atoms with van der Waals surface area (Å²) in [7, 11) is 1.51. The van der Waals surface area contributed by atoms with Crippen molar-refractivity contribution in [3.8, 4) is 28.5 Å². The van der Waals surface area contributed by atoms with Crippen molar-refractivity contribution in [3.05, 3.63) is 59.8 Å². The maximum absolute atomic E-state index is 9.63. The number of hydrogen-bond donors (Lipinski definition) is 3. The smallest absolute Gasteiger partial charge is 0.161 e. The molecule has 2 aromatic carbocycles. The van der Waals surface area contributed by atoms with E-state index in [4.69, 9.17) is 4.74 Å². The van der Waals surface area contributed by atoms with Gasteiger partial charge in [0.05, 0.1) is 18.5 Å². The number of aromatic hydroxyl groups is 2. The van der Waals surface area contributed by atoms with E-state index >= 15 is 0 Å². The Balaban J connectivity index is 1.81. The summed E-state index contributed by atoms with van der Waals surface area (Å²) in [6.07, 6.45) is 3.83. The number of methoxy groups -OCH3 is 1. The molecule has 0 radical (unpaired) electrons. The molecule has 0 saturated carbocycles. The van der Waals surface area contributed by atoms with E-state index in [1.54, 1.807) is 30.3 Å². The molecule has 3 rings (SSSR count). The Labute approximate surface area is 133 Å². The van der Waals surface area contributed by atoms with Gasteiger partial charge in [-0.3, -0.25) is 5.10 Å². The number of aromatic amines is 1. The Morgan fingerprint density at radius 2 is 1.78 bits per heavy atom. The molecule has 0 spiro atoms. The molecule has 0 bridgehead atoms. The number of phenols is 2. The van der Waals surface area contributed by atoms with Gasteiger partial charge in [-0.25, -0.2) is 0 Å². The van der Waals surface area contributed by atoms with E-state index in [0.29, 0.717) is 5.75 Å². The zero-order valence-corrected chi connectivity index (χ0v) is 12.5. The molecule has 1 heterocycles. The average molecular weight is 308 g/mol. The summed E-state index contributed by atoms with van der Waals surface area (Å²) in [6.45, 7) is 0. The van der Waals surface area contributed by atoms with Crippen LogP contribution in [0.25, 0.3) is 23.4 Å². The maximum Gasteiger partial charge on any atom is 0.161 e. The monoisotopic (exact) mass is 308 g/mol. The molecule has 0 aliphatic heterocycles. The normalized spacial score (nSPS) is 11.0. The third-order valence-corrected chi connectivity index (χ3v) is 3.42. The predicted octanol–water partition coefficient (Wildman–Crippen LogP) is 3.67. The van der Waals surface area contributed by atoms with Crippen LogP contribution in [0.15, 0.2) is 48.5 Å². The fourth-order valence-corrected chi connectivity index (χ4v) is 2.18. The van der Waals surface area contributed by atoms with Crippen molar-refractivity contribution in [1.82, 2.24) is 10.2 Å². The first kappa shape index (κ1) is 14.7. The largest absolute Gasteiger partial charge is 0.508 e. The molecule has 3 aromatic rings. The standard InChI is InChI=1S/C18H16N2O3/c1-23-18-10-13(5-9-17(18)22)16-11-14(19-20-16)6-2-12-3-7-15(21)8-4-12/h2-11,21-22H,1H3,(H,19,20)/b6-2+. The van der Waals surface area contributed by atoms with Crippen molar-refractivity contribution < 1.29 is 14.9 Å². The van der Waals surface area contributed by atoms with Gasteiger partial charge in [-0.15, -0.1) is 0 Å². The number of nitrogens with zero attached hydrogens (tertiary/aromatic N) is 1. The molecular weight excluding hydrogens is 292 g/mol. The zero-order valence-electron chi connectivity index (χ0n) is 12.5. The predicted molar refractivity (Wildman–Crippen MR) is 89.3 cm³/mol. The van der Waals surface area contributed by atoms with Gasteiger partial charge in [-0.2, -0.15) is 5.10 Å². The van der Waals surface area contributed by atoms with E-state index in [9.17, 15) is 10.2 Å². The minimum atomic E-state index is 0.0965. The molecule has 0 atom stereocenters. The van der Waals surface area contributed by atoms with E-state index in [1.165, 1.54) is 7.11 Å². The first-order chi connectivity index (χ1) is 11.2. The number of hydrogen-bond acceptors (Lipinski definition) is 4. The fourth-order valence-electron chi connectivity index (χ4n) is 2.18. The van der Waals surface area contributed by atoms with Gasteiger partial charge in [-0.05, 0) is 48.0 Å². The summed E-state index contributed by atoms with van der Waals surface area (Å²) >= 11 is 0. The third kappa shape index (κ3) is 3.35. The highest BCUT2D eigenvalue weighted by Gasteiger charge is 2.07. The quantitative estimate of drug-likeness (QED) is 0.687. The van der Waals surface area contributed by atoms with Crippen LogP contribution in [0.1, 0.15) is 11.3 Å². The number of phenolic OH excluding ortho intramolecular Hbond substituents is 2. The molecule has 1 aromatic heterocycles. The van der Waals surface area contributed by atoms with Gasteiger partial charge in [0.25, 0.3) is 0 Å². The van der Waals surface area contributed by atoms with Crippen LogP contribution in [0.2, 0.25) is 0 Å². The summed E-state index contributed by atoms with van der Waals surface area (Å²) in [5.41, 5.74) is 3.43. The molecule has 0 fully saturated rings. The molecule has 0 aliphatic rings. The molecule has 3 N–H and O–H groups in total. The highest BCUT2D eigenvalue weighted by molar-refractivity contribution is 5.71. The Kier molecular flexibility index (Phi) is 4.01. The lowest BCUT2D eigenvalue weighted by Crippen LogP contribution is -1.85. The Hall–Kier alpha value is -3.21. The molecule has 23 heavy (non-hydrogen) atoms. The molecule has 0 saturated heterocycles. The van der Waals surface area contributed by atoms with Crippen LogP contribution in [0, 0.1) is 0 Å². The highest BCUT2D eigenvalue weighted by Crippen LogP contribution is 2.30. The lowest BCUT2D eigenvalue weighted by Gasteiger charge is -2.04. The first-order valence-corrected chi connectivity index (χ1v) is 7.05. The van der Waals surface area contributed by atoms with Gasteiger partial charge in [0, 0.05) is 5.56 Å². The van der Waals surface area contributed by atoms with Crippen LogP contribution in [0.5, 0.6) is 17.2 Å². The third-order valence-electron chi connectivity index (χ3n) is 3.42. The second kappa shape index (κ2) is 6.27. The Bertz CT molecular complexity index is 836. The van der Waals surface area contributed by atoms with Crippen LogP contribution in [-0.4, -0.2) is 27.5 Å². The van der Waals surface area contributed by atoms with E-state index in [1.807, 2.05) is 30.4 Å². The average Bonchev–Trinajstić information content (AvgIpc) is 3.04. The number of H-pyrrole nitrogens is 1. The van der Waals surface area contributed by atoms with Gasteiger partial charge < -0.3 is 14.9 Å². The van der Waals surface area contributed by atoms with Crippen molar-refractivity contribution in [3.63, 3.8) is 0 Å². The SMILES string of the molecule is COc1cc(-c2cc(/C=C/c3ccc(O)cc3)[nH]n2)ccc1O. The zero-order chi connectivity index (χ0) is 16.2. The van der Waals surface area contributed by atoms with E-state index in [-0.39, 0.29) is 11.5 Å². The second-order valence-electron chi connectivity index (χ2n) is 5.02. The molecule has 5 heteroatoms. The van der Waals surface area contributed by atoms with Crippen LogP contribution in [0.3, 0.4) is 0 Å².